The number of nitrogens with zero attached hydrogens (tertiary/aromatic N) is 1. The Balaban J connectivity index is 1.91. The summed E-state index contributed by atoms with van der Waals surface area (Å²) in [6, 6.07) is 19.2. The van der Waals surface area contributed by atoms with Gasteiger partial charge in [-0.25, -0.2) is 0 Å². The highest BCUT2D eigenvalue weighted by molar-refractivity contribution is 8.02. The fourth-order valence-corrected chi connectivity index (χ4v) is 4.20. The molecule has 2 heterocycles. The first kappa shape index (κ1) is 12.9. The number of rotatable bonds is 1. The Labute approximate surface area is 131 Å². The van der Waals surface area contributed by atoms with Crippen LogP contribution >= 0.6 is 23.1 Å². The van der Waals surface area contributed by atoms with Gasteiger partial charge in [0.1, 0.15) is 0 Å². The molecule has 4 rings (SSSR count). The molecule has 3 heteroatoms. The molecule has 0 spiro atoms. The lowest BCUT2D eigenvalue weighted by Crippen LogP contribution is -2.07. The molecular formula is C18H13NS2. The highest BCUT2D eigenvalue weighted by Gasteiger charge is 2.14. The van der Waals surface area contributed by atoms with E-state index in [4.69, 9.17) is 4.99 Å². The summed E-state index contributed by atoms with van der Waals surface area (Å²) in [7, 11) is 0. The molecular weight excluding hydrogens is 294 g/mol. The second kappa shape index (κ2) is 5.51. The molecule has 2 aromatic carbocycles. The van der Waals surface area contributed by atoms with Gasteiger partial charge in [-0.1, -0.05) is 48.2 Å². The minimum atomic E-state index is 0.109. The molecule has 1 aliphatic rings. The number of hydrogen-bond donors (Lipinski definition) is 0. The summed E-state index contributed by atoms with van der Waals surface area (Å²) >= 11 is 3.52. The molecule has 0 radical (unpaired) electrons. The van der Waals surface area contributed by atoms with Gasteiger partial charge in [0.15, 0.2) is 0 Å². The van der Waals surface area contributed by atoms with E-state index >= 15 is 0 Å². The average Bonchev–Trinajstić information content (AvgIpc) is 2.56. The van der Waals surface area contributed by atoms with Gasteiger partial charge in [-0.15, -0.1) is 11.3 Å². The van der Waals surface area contributed by atoms with Gasteiger partial charge in [0.2, 0.25) is 0 Å². The molecule has 0 fully saturated rings. The zero-order valence-electron chi connectivity index (χ0n) is 11.3. The van der Waals surface area contributed by atoms with E-state index in [0.29, 0.717) is 0 Å². The highest BCUT2D eigenvalue weighted by Crippen LogP contribution is 2.35. The van der Waals surface area contributed by atoms with Crippen LogP contribution < -0.4 is 5.36 Å². The molecule has 0 aliphatic carbocycles. The van der Waals surface area contributed by atoms with Crippen LogP contribution in [0.1, 0.15) is 11.6 Å². The molecule has 1 aliphatic heterocycles. The number of hydrogen-bond acceptors (Lipinski definition) is 3. The van der Waals surface area contributed by atoms with Crippen molar-refractivity contribution in [2.45, 2.75) is 10.9 Å². The Hall–Kier alpha value is -1.84. The molecule has 102 valence electrons. The molecule has 3 aromatic rings. The first-order valence-electron chi connectivity index (χ1n) is 6.84. The summed E-state index contributed by atoms with van der Waals surface area (Å²) < 4.78 is 1.28. The molecule has 0 N–H and O–H groups in total. The maximum absolute atomic E-state index is 4.99. The summed E-state index contributed by atoms with van der Waals surface area (Å²) in [6.07, 6.45) is 2.18. The number of thioether (sulfide) groups is 1. The van der Waals surface area contributed by atoms with E-state index in [0.717, 1.165) is 5.36 Å². The third-order valence-electron chi connectivity index (χ3n) is 3.56. The van der Waals surface area contributed by atoms with E-state index in [1.165, 1.54) is 20.5 Å². The Morgan fingerprint density at radius 1 is 0.905 bits per heavy atom. The minimum absolute atomic E-state index is 0.109. The van der Waals surface area contributed by atoms with Crippen LogP contribution in [0.4, 0.5) is 0 Å². The van der Waals surface area contributed by atoms with E-state index in [-0.39, 0.29) is 6.04 Å². The van der Waals surface area contributed by atoms with Gasteiger partial charge in [-0.3, -0.25) is 4.99 Å². The summed E-state index contributed by atoms with van der Waals surface area (Å²) in [4.78, 5) is 6.30. The quantitative estimate of drug-likeness (QED) is 0.604. The van der Waals surface area contributed by atoms with Crippen LogP contribution in [0, 0.1) is 0 Å². The van der Waals surface area contributed by atoms with Crippen LogP contribution in [0.5, 0.6) is 0 Å². The molecule has 0 saturated carbocycles. The van der Waals surface area contributed by atoms with E-state index < -0.39 is 0 Å². The van der Waals surface area contributed by atoms with Crippen LogP contribution in [0.25, 0.3) is 10.1 Å². The zero-order valence-corrected chi connectivity index (χ0v) is 12.9. The van der Waals surface area contributed by atoms with Crippen molar-refractivity contribution in [3.05, 3.63) is 82.4 Å². The van der Waals surface area contributed by atoms with Gasteiger partial charge in [-0.05, 0) is 40.6 Å². The molecule has 21 heavy (non-hydrogen) atoms. The SMILES string of the molecule is C1=CC(N=c2ccsc3ccccc23)c2ccccc2S1. The Morgan fingerprint density at radius 3 is 2.76 bits per heavy atom. The highest BCUT2D eigenvalue weighted by atomic mass is 32.2. The first-order chi connectivity index (χ1) is 10.4. The second-order valence-electron chi connectivity index (χ2n) is 4.86. The smallest absolute Gasteiger partial charge is 0.0956 e. The maximum atomic E-state index is 4.99. The maximum Gasteiger partial charge on any atom is 0.0956 e. The predicted octanol–water partition coefficient (Wildman–Crippen LogP) is 5.16. The Bertz CT molecular complexity index is 887. The molecule has 1 unspecified atom stereocenters. The van der Waals surface area contributed by atoms with Crippen molar-refractivity contribution in [2.75, 3.05) is 0 Å². The molecule has 1 atom stereocenters. The summed E-state index contributed by atoms with van der Waals surface area (Å²) in [5.41, 5.74) is 1.29. The fraction of sp³-hybridized carbons (Fsp3) is 0.0556. The summed E-state index contributed by atoms with van der Waals surface area (Å²) in [5, 5.41) is 6.56. The normalized spacial score (nSPS) is 17.9. The van der Waals surface area contributed by atoms with E-state index in [1.54, 1.807) is 23.1 Å². The van der Waals surface area contributed by atoms with Crippen LogP contribution in [0.3, 0.4) is 0 Å². The molecule has 1 aromatic heterocycles. The molecule has 0 saturated heterocycles. The summed E-state index contributed by atoms with van der Waals surface area (Å²) in [5.74, 6) is 0. The van der Waals surface area contributed by atoms with Crippen LogP contribution in [-0.2, 0) is 0 Å². The van der Waals surface area contributed by atoms with E-state index in [9.17, 15) is 0 Å². The predicted molar refractivity (Wildman–Crippen MR) is 91.6 cm³/mol. The van der Waals surface area contributed by atoms with Crippen molar-refractivity contribution in [1.82, 2.24) is 0 Å². The van der Waals surface area contributed by atoms with Gasteiger partial charge >= 0.3 is 0 Å². The molecule has 0 amide bonds. The van der Waals surface area contributed by atoms with Crippen LogP contribution in [-0.4, -0.2) is 0 Å². The van der Waals surface area contributed by atoms with Gasteiger partial charge in [0.25, 0.3) is 0 Å². The third-order valence-corrected chi connectivity index (χ3v) is 5.36. The standard InChI is InChI=1S/C18H13NS2/c1-3-7-17-13(5-1)15(9-11-20-17)19-16-10-12-21-18-8-4-2-6-14(16)18/h1-12,15H. The van der Waals surface area contributed by atoms with E-state index in [2.05, 4.69) is 71.5 Å². The first-order valence-corrected chi connectivity index (χ1v) is 8.60. The molecule has 1 nitrogen and oxygen atoms in total. The average molecular weight is 307 g/mol. The van der Waals surface area contributed by atoms with Gasteiger partial charge in [-0.2, -0.15) is 0 Å². The summed E-state index contributed by atoms with van der Waals surface area (Å²) in [6.45, 7) is 0. The van der Waals surface area contributed by atoms with Crippen molar-refractivity contribution < 1.29 is 0 Å². The van der Waals surface area contributed by atoms with Gasteiger partial charge in [0.05, 0.1) is 11.4 Å². The van der Waals surface area contributed by atoms with E-state index in [1.807, 2.05) is 0 Å². The zero-order chi connectivity index (χ0) is 14.1. The number of fused-ring (bicyclic) bond motifs is 2. The second-order valence-corrected chi connectivity index (χ2v) is 6.76. The monoisotopic (exact) mass is 307 g/mol. The van der Waals surface area contributed by atoms with Crippen LogP contribution in [0.2, 0.25) is 0 Å². The van der Waals surface area contributed by atoms with Crippen molar-refractivity contribution in [2.24, 2.45) is 4.99 Å². The van der Waals surface area contributed by atoms with Crippen LogP contribution in [0.15, 0.2) is 81.3 Å². The minimum Gasteiger partial charge on any atom is -0.272 e. The third kappa shape index (κ3) is 2.43. The fourth-order valence-electron chi connectivity index (χ4n) is 2.54. The Morgan fingerprint density at radius 2 is 1.76 bits per heavy atom. The van der Waals surface area contributed by atoms with Crippen molar-refractivity contribution in [3.63, 3.8) is 0 Å². The van der Waals surface area contributed by atoms with Crippen molar-refractivity contribution in [1.29, 1.82) is 0 Å². The lowest BCUT2D eigenvalue weighted by atomic mass is 10.1. The topological polar surface area (TPSA) is 12.4 Å². The molecule has 0 bridgehead atoms. The lowest BCUT2D eigenvalue weighted by Gasteiger charge is -2.16. The lowest BCUT2D eigenvalue weighted by molar-refractivity contribution is 0.852. The van der Waals surface area contributed by atoms with Gasteiger partial charge in [0, 0.05) is 15.0 Å². The number of benzene rings is 2. The van der Waals surface area contributed by atoms with Crippen molar-refractivity contribution >= 4 is 33.2 Å². The Kier molecular flexibility index (Phi) is 3.37. The van der Waals surface area contributed by atoms with Crippen molar-refractivity contribution in [3.8, 4) is 0 Å². The largest absolute Gasteiger partial charge is 0.272 e. The van der Waals surface area contributed by atoms with Gasteiger partial charge < -0.3 is 0 Å².